The zero-order valence-corrected chi connectivity index (χ0v) is 12.9. The number of rotatable bonds is 6. The fraction of sp³-hybridized carbons (Fsp3) is 0.312. The number of nitrogens with one attached hydrogen (secondary N) is 1. The number of fused-ring (bicyclic) bond motifs is 1. The lowest BCUT2D eigenvalue weighted by molar-refractivity contribution is -0.132. The van der Waals surface area contributed by atoms with Crippen molar-refractivity contribution in [2.45, 2.75) is 13.5 Å². The highest BCUT2D eigenvalue weighted by Gasteiger charge is 2.12. The molecular weight excluding hydrogens is 280 g/mol. The molecule has 0 aliphatic carbocycles. The lowest BCUT2D eigenvalue weighted by Crippen LogP contribution is -2.39. The number of aromatic nitrogens is 2. The summed E-state index contributed by atoms with van der Waals surface area (Å²) >= 11 is 0. The molecule has 0 radical (unpaired) electrons. The third kappa shape index (κ3) is 3.52. The van der Waals surface area contributed by atoms with E-state index in [1.54, 1.807) is 6.33 Å². The average molecular weight is 300 g/mol. The van der Waals surface area contributed by atoms with Crippen LogP contribution < -0.4 is 5.32 Å². The van der Waals surface area contributed by atoms with Gasteiger partial charge in [-0.1, -0.05) is 12.6 Å². The summed E-state index contributed by atoms with van der Waals surface area (Å²) in [7, 11) is 1.94. The highest BCUT2D eigenvalue weighted by molar-refractivity contribution is 5.90. The minimum Gasteiger partial charge on any atom is -0.350 e. The van der Waals surface area contributed by atoms with E-state index in [-0.39, 0.29) is 18.4 Å². The summed E-state index contributed by atoms with van der Waals surface area (Å²) in [5, 5.41) is 2.81. The average Bonchev–Trinajstić information content (AvgIpc) is 2.90. The van der Waals surface area contributed by atoms with Crippen LogP contribution in [0.15, 0.2) is 37.2 Å². The zero-order valence-electron chi connectivity index (χ0n) is 12.9. The summed E-state index contributed by atoms with van der Waals surface area (Å²) in [5.74, 6) is -0.439. The molecule has 1 heterocycles. The molecule has 0 aliphatic heterocycles. The number of imidazole rings is 1. The molecule has 6 nitrogen and oxygen atoms in total. The van der Waals surface area contributed by atoms with Crippen LogP contribution in [0.25, 0.3) is 11.0 Å². The molecule has 2 amide bonds. The van der Waals surface area contributed by atoms with Crippen LogP contribution in [0.5, 0.6) is 0 Å². The van der Waals surface area contributed by atoms with Crippen LogP contribution in [0, 0.1) is 0 Å². The summed E-state index contributed by atoms with van der Waals surface area (Å²) in [6.45, 7) is 6.17. The molecule has 0 bridgehead atoms. The first-order chi connectivity index (χ1) is 10.5. The molecule has 1 N–H and O–H groups in total. The maximum Gasteiger partial charge on any atom is 0.246 e. The molecule has 22 heavy (non-hydrogen) atoms. The van der Waals surface area contributed by atoms with E-state index in [0.29, 0.717) is 13.1 Å². The van der Waals surface area contributed by atoms with Crippen molar-refractivity contribution in [3.63, 3.8) is 0 Å². The summed E-state index contributed by atoms with van der Waals surface area (Å²) in [6, 6.07) is 5.88. The first-order valence-electron chi connectivity index (χ1n) is 7.13. The van der Waals surface area contributed by atoms with Gasteiger partial charge in [-0.05, 0) is 30.7 Å². The lowest BCUT2D eigenvalue weighted by atomic mass is 10.2. The van der Waals surface area contributed by atoms with Crippen molar-refractivity contribution in [2.75, 3.05) is 13.1 Å². The van der Waals surface area contributed by atoms with Gasteiger partial charge in [-0.25, -0.2) is 4.98 Å². The minimum atomic E-state index is -0.243. The molecule has 0 saturated heterocycles. The van der Waals surface area contributed by atoms with Gasteiger partial charge >= 0.3 is 0 Å². The summed E-state index contributed by atoms with van der Waals surface area (Å²) in [6.07, 6.45) is 2.97. The van der Waals surface area contributed by atoms with Gasteiger partial charge in [0.1, 0.15) is 0 Å². The Labute approximate surface area is 129 Å². The van der Waals surface area contributed by atoms with E-state index in [1.807, 2.05) is 36.7 Å². The van der Waals surface area contributed by atoms with E-state index < -0.39 is 0 Å². The van der Waals surface area contributed by atoms with Gasteiger partial charge in [-0.3, -0.25) is 9.59 Å². The molecule has 0 saturated carbocycles. The molecule has 116 valence electrons. The Morgan fingerprint density at radius 2 is 2.23 bits per heavy atom. The Kier molecular flexibility index (Phi) is 4.93. The molecule has 0 unspecified atom stereocenters. The number of aryl methyl sites for hydroxylation is 1. The number of carbonyl (C=O) groups is 2. The van der Waals surface area contributed by atoms with Gasteiger partial charge in [-0.15, -0.1) is 0 Å². The van der Waals surface area contributed by atoms with Crippen LogP contribution in [0.1, 0.15) is 12.5 Å². The Morgan fingerprint density at radius 1 is 1.45 bits per heavy atom. The summed E-state index contributed by atoms with van der Waals surface area (Å²) in [4.78, 5) is 29.2. The number of benzene rings is 1. The Bertz CT molecular complexity index is 705. The minimum absolute atomic E-state index is 0.0349. The van der Waals surface area contributed by atoms with Gasteiger partial charge in [0.15, 0.2) is 0 Å². The fourth-order valence-corrected chi connectivity index (χ4v) is 2.20. The predicted octanol–water partition coefficient (Wildman–Crippen LogP) is 1.22. The Morgan fingerprint density at radius 3 is 2.91 bits per heavy atom. The molecule has 0 fully saturated rings. The number of carbonyl (C=O) groups excluding carboxylic acids is 2. The van der Waals surface area contributed by atoms with E-state index in [9.17, 15) is 9.59 Å². The monoisotopic (exact) mass is 300 g/mol. The first kappa shape index (κ1) is 15.8. The van der Waals surface area contributed by atoms with Crippen LogP contribution in [0.2, 0.25) is 0 Å². The molecule has 0 spiro atoms. The molecule has 6 heteroatoms. The second-order valence-electron chi connectivity index (χ2n) is 5.01. The van der Waals surface area contributed by atoms with Crippen molar-refractivity contribution in [3.8, 4) is 0 Å². The van der Waals surface area contributed by atoms with Crippen molar-refractivity contribution < 1.29 is 9.59 Å². The van der Waals surface area contributed by atoms with E-state index in [1.165, 1.54) is 11.0 Å². The molecule has 0 aliphatic rings. The summed E-state index contributed by atoms with van der Waals surface area (Å²) in [5.41, 5.74) is 2.91. The smallest absolute Gasteiger partial charge is 0.246 e. The third-order valence-corrected chi connectivity index (χ3v) is 3.48. The van der Waals surface area contributed by atoms with Crippen molar-refractivity contribution >= 4 is 22.8 Å². The normalized spacial score (nSPS) is 10.5. The number of amides is 2. The molecule has 1 aromatic carbocycles. The maximum atomic E-state index is 11.9. The maximum absolute atomic E-state index is 11.9. The van der Waals surface area contributed by atoms with Gasteiger partial charge in [0, 0.05) is 20.1 Å². The van der Waals surface area contributed by atoms with Crippen LogP contribution in [-0.4, -0.2) is 39.4 Å². The van der Waals surface area contributed by atoms with Crippen LogP contribution in [-0.2, 0) is 23.2 Å². The van der Waals surface area contributed by atoms with Gasteiger partial charge in [-0.2, -0.15) is 0 Å². The predicted molar refractivity (Wildman–Crippen MR) is 85.0 cm³/mol. The third-order valence-electron chi connectivity index (χ3n) is 3.48. The van der Waals surface area contributed by atoms with Crippen LogP contribution in [0.3, 0.4) is 0 Å². The number of hydrogen-bond acceptors (Lipinski definition) is 3. The lowest BCUT2D eigenvalue weighted by Gasteiger charge is -2.18. The highest BCUT2D eigenvalue weighted by atomic mass is 16.2. The number of nitrogens with zero attached hydrogens (tertiary/aromatic N) is 3. The molecule has 2 aromatic rings. The van der Waals surface area contributed by atoms with Crippen LogP contribution >= 0.6 is 0 Å². The zero-order chi connectivity index (χ0) is 16.1. The van der Waals surface area contributed by atoms with Gasteiger partial charge in [0.2, 0.25) is 11.8 Å². The highest BCUT2D eigenvalue weighted by Crippen LogP contribution is 2.13. The van der Waals surface area contributed by atoms with E-state index >= 15 is 0 Å². The van der Waals surface area contributed by atoms with Crippen molar-refractivity contribution in [1.29, 1.82) is 0 Å². The quantitative estimate of drug-likeness (QED) is 0.816. The Hall–Kier alpha value is -2.63. The molecule has 2 rings (SSSR count). The van der Waals surface area contributed by atoms with Gasteiger partial charge in [0.25, 0.3) is 0 Å². The van der Waals surface area contributed by atoms with Gasteiger partial charge < -0.3 is 14.8 Å². The largest absolute Gasteiger partial charge is 0.350 e. The number of hydrogen-bond donors (Lipinski definition) is 1. The second-order valence-corrected chi connectivity index (χ2v) is 5.01. The molecular formula is C16H20N4O2. The van der Waals surface area contributed by atoms with Crippen molar-refractivity contribution in [2.24, 2.45) is 7.05 Å². The van der Waals surface area contributed by atoms with Crippen LogP contribution in [0.4, 0.5) is 0 Å². The second kappa shape index (κ2) is 6.89. The van der Waals surface area contributed by atoms with E-state index in [4.69, 9.17) is 0 Å². The number of likely N-dealkylation sites (N-methyl/N-ethyl adjacent to an activating group) is 1. The topological polar surface area (TPSA) is 67.2 Å². The van der Waals surface area contributed by atoms with Gasteiger partial charge in [0.05, 0.1) is 23.9 Å². The van der Waals surface area contributed by atoms with Crippen molar-refractivity contribution in [1.82, 2.24) is 19.8 Å². The SMILES string of the molecule is C=CC(=O)N(CC)CC(=O)NCc1ccc2c(c1)ncn2C. The standard InChI is InChI=1S/C16H20N4O2/c1-4-16(22)20(5-2)10-15(21)17-9-12-6-7-14-13(8-12)18-11-19(14)3/h4,6-8,11H,1,5,9-10H2,2-3H3,(H,17,21). The Balaban J connectivity index is 1.94. The molecule has 1 aromatic heterocycles. The van der Waals surface area contributed by atoms with E-state index in [0.717, 1.165) is 16.6 Å². The summed E-state index contributed by atoms with van der Waals surface area (Å²) < 4.78 is 1.94. The first-order valence-corrected chi connectivity index (χ1v) is 7.13. The van der Waals surface area contributed by atoms with E-state index in [2.05, 4.69) is 16.9 Å². The fourth-order valence-electron chi connectivity index (χ4n) is 2.20. The van der Waals surface area contributed by atoms with Crippen molar-refractivity contribution in [3.05, 3.63) is 42.7 Å². The molecule has 0 atom stereocenters.